The molecule has 0 radical (unpaired) electrons. The summed E-state index contributed by atoms with van der Waals surface area (Å²) in [5.41, 5.74) is -0.0248. The second-order valence-electron chi connectivity index (χ2n) is 5.38. The summed E-state index contributed by atoms with van der Waals surface area (Å²) in [5, 5.41) is 17.9. The van der Waals surface area contributed by atoms with E-state index in [1.807, 2.05) is 0 Å². The molecule has 1 unspecified atom stereocenters. The third-order valence-electron chi connectivity index (χ3n) is 3.73. The molecule has 20 heavy (non-hydrogen) atoms. The van der Waals surface area contributed by atoms with E-state index in [1.54, 1.807) is 31.2 Å². The second-order valence-corrected chi connectivity index (χ2v) is 5.38. The monoisotopic (exact) mass is 274 g/mol. The Bertz CT molecular complexity index is 521. The highest BCUT2D eigenvalue weighted by molar-refractivity contribution is 5.74. The van der Waals surface area contributed by atoms with Crippen molar-refractivity contribution in [3.8, 4) is 11.8 Å². The highest BCUT2D eigenvalue weighted by Gasteiger charge is 2.40. The van der Waals surface area contributed by atoms with Gasteiger partial charge in [-0.2, -0.15) is 5.26 Å². The van der Waals surface area contributed by atoms with E-state index in [1.165, 1.54) is 0 Å². The zero-order valence-electron chi connectivity index (χ0n) is 11.5. The van der Waals surface area contributed by atoms with Crippen molar-refractivity contribution in [1.82, 2.24) is 4.90 Å². The Hall–Kier alpha value is -2.06. The van der Waals surface area contributed by atoms with Crippen LogP contribution in [0.5, 0.6) is 5.75 Å². The molecular weight excluding hydrogens is 256 g/mol. The number of rotatable bonds is 5. The van der Waals surface area contributed by atoms with Crippen LogP contribution >= 0.6 is 0 Å². The molecule has 0 spiro atoms. The molecule has 106 valence electrons. The number of carboxylic acids is 1. The zero-order valence-corrected chi connectivity index (χ0v) is 11.5. The van der Waals surface area contributed by atoms with Gasteiger partial charge in [-0.25, -0.2) is 0 Å². The summed E-state index contributed by atoms with van der Waals surface area (Å²) in [6, 6.07) is 9.02. The normalized spacial score (nSPS) is 22.4. The van der Waals surface area contributed by atoms with Crippen molar-refractivity contribution in [3.05, 3.63) is 29.8 Å². The van der Waals surface area contributed by atoms with E-state index in [-0.39, 0.29) is 0 Å². The number of aliphatic carboxylic acids is 1. The Kier molecular flexibility index (Phi) is 4.26. The Morgan fingerprint density at radius 2 is 2.20 bits per heavy atom. The molecule has 1 heterocycles. The van der Waals surface area contributed by atoms with Gasteiger partial charge in [0.1, 0.15) is 12.4 Å². The van der Waals surface area contributed by atoms with E-state index in [2.05, 4.69) is 11.0 Å². The van der Waals surface area contributed by atoms with Gasteiger partial charge >= 0.3 is 5.97 Å². The molecule has 0 aliphatic carbocycles. The summed E-state index contributed by atoms with van der Waals surface area (Å²) in [4.78, 5) is 13.2. The van der Waals surface area contributed by atoms with Crippen LogP contribution in [0.3, 0.4) is 0 Å². The van der Waals surface area contributed by atoms with Crippen molar-refractivity contribution in [3.63, 3.8) is 0 Å². The van der Waals surface area contributed by atoms with Gasteiger partial charge in [-0.15, -0.1) is 0 Å². The molecule has 5 heteroatoms. The van der Waals surface area contributed by atoms with Gasteiger partial charge in [-0.05, 0) is 44.2 Å². The van der Waals surface area contributed by atoms with Crippen LogP contribution in [0.2, 0.25) is 0 Å². The predicted molar refractivity (Wildman–Crippen MR) is 73.5 cm³/mol. The number of carboxylic acid groups (broad SMARTS) is 1. The van der Waals surface area contributed by atoms with Crippen molar-refractivity contribution >= 4 is 5.97 Å². The smallest absolute Gasteiger partial charge is 0.310 e. The van der Waals surface area contributed by atoms with Crippen molar-refractivity contribution in [1.29, 1.82) is 5.26 Å². The molecule has 1 aromatic rings. The number of nitrogens with zero attached hydrogens (tertiary/aromatic N) is 2. The van der Waals surface area contributed by atoms with Gasteiger partial charge < -0.3 is 9.84 Å². The number of carbonyl (C=O) groups is 1. The van der Waals surface area contributed by atoms with E-state index >= 15 is 0 Å². The second kappa shape index (κ2) is 5.93. The lowest BCUT2D eigenvalue weighted by Crippen LogP contribution is -2.33. The molecule has 1 aromatic carbocycles. The van der Waals surface area contributed by atoms with E-state index in [0.29, 0.717) is 31.7 Å². The number of likely N-dealkylation sites (tertiary alicyclic amines) is 1. The first-order valence-corrected chi connectivity index (χ1v) is 6.62. The Balaban J connectivity index is 1.77. The van der Waals surface area contributed by atoms with Crippen molar-refractivity contribution in [2.45, 2.75) is 13.3 Å². The molecule has 0 bridgehead atoms. The Labute approximate surface area is 118 Å². The van der Waals surface area contributed by atoms with Gasteiger partial charge in [-0.1, -0.05) is 0 Å². The molecule has 5 nitrogen and oxygen atoms in total. The molecule has 0 aromatic heterocycles. The van der Waals surface area contributed by atoms with Crippen molar-refractivity contribution < 1.29 is 14.6 Å². The lowest BCUT2D eigenvalue weighted by molar-refractivity contribution is -0.147. The fraction of sp³-hybridized carbons (Fsp3) is 0.467. The minimum atomic E-state index is -0.729. The minimum Gasteiger partial charge on any atom is -0.492 e. The van der Waals surface area contributed by atoms with Gasteiger partial charge in [0.25, 0.3) is 0 Å². The third kappa shape index (κ3) is 3.28. The summed E-state index contributed by atoms with van der Waals surface area (Å²) in [5.74, 6) is -0.00259. The topological polar surface area (TPSA) is 73.6 Å². The van der Waals surface area contributed by atoms with Crippen LogP contribution < -0.4 is 4.74 Å². The first-order chi connectivity index (χ1) is 9.53. The van der Waals surface area contributed by atoms with Gasteiger partial charge in [0.2, 0.25) is 0 Å². The van der Waals surface area contributed by atoms with Gasteiger partial charge in [-0.3, -0.25) is 9.69 Å². The summed E-state index contributed by atoms with van der Waals surface area (Å²) < 4.78 is 5.60. The van der Waals surface area contributed by atoms with Crippen molar-refractivity contribution in [2.24, 2.45) is 5.41 Å². The minimum absolute atomic E-state index is 0.515. The molecule has 1 atom stereocenters. The van der Waals surface area contributed by atoms with E-state index in [0.717, 1.165) is 12.3 Å². The SMILES string of the molecule is CC1(C(=O)O)CCN(CCOc2ccc(C#N)cc2)C1. The zero-order chi connectivity index (χ0) is 14.6. The fourth-order valence-electron chi connectivity index (χ4n) is 2.34. The van der Waals surface area contributed by atoms with Gasteiger partial charge in [0.15, 0.2) is 0 Å². The van der Waals surface area contributed by atoms with Crippen LogP contribution in [0.25, 0.3) is 0 Å². The number of benzene rings is 1. The maximum absolute atomic E-state index is 11.1. The standard InChI is InChI=1S/C15H18N2O3/c1-15(14(18)19)6-7-17(11-15)8-9-20-13-4-2-12(10-16)3-5-13/h2-5H,6-9,11H2,1H3,(H,18,19). The number of hydrogen-bond acceptors (Lipinski definition) is 4. The average Bonchev–Trinajstić information content (AvgIpc) is 2.83. The van der Waals surface area contributed by atoms with Crippen LogP contribution in [-0.2, 0) is 4.79 Å². The van der Waals surface area contributed by atoms with E-state index in [4.69, 9.17) is 15.1 Å². The van der Waals surface area contributed by atoms with Gasteiger partial charge in [0, 0.05) is 13.1 Å². The summed E-state index contributed by atoms with van der Waals surface area (Å²) in [6.45, 7) is 4.37. The highest BCUT2D eigenvalue weighted by atomic mass is 16.5. The molecule has 1 N–H and O–H groups in total. The molecule has 1 aliphatic heterocycles. The number of hydrogen-bond donors (Lipinski definition) is 1. The van der Waals surface area contributed by atoms with E-state index < -0.39 is 11.4 Å². The maximum Gasteiger partial charge on any atom is 0.310 e. The Morgan fingerprint density at radius 3 is 2.75 bits per heavy atom. The van der Waals surface area contributed by atoms with Gasteiger partial charge in [0.05, 0.1) is 17.0 Å². The number of ether oxygens (including phenoxy) is 1. The van der Waals surface area contributed by atoms with E-state index in [9.17, 15) is 4.79 Å². The molecule has 0 saturated carbocycles. The Morgan fingerprint density at radius 1 is 1.50 bits per heavy atom. The van der Waals surface area contributed by atoms with Crippen LogP contribution in [-0.4, -0.2) is 42.2 Å². The molecule has 1 aliphatic rings. The fourth-order valence-corrected chi connectivity index (χ4v) is 2.34. The third-order valence-corrected chi connectivity index (χ3v) is 3.73. The first-order valence-electron chi connectivity index (χ1n) is 6.62. The average molecular weight is 274 g/mol. The van der Waals surface area contributed by atoms with Crippen molar-refractivity contribution in [2.75, 3.05) is 26.2 Å². The molecule has 1 fully saturated rings. The molecule has 2 rings (SSSR count). The lowest BCUT2D eigenvalue weighted by Gasteiger charge is -2.20. The van der Waals surface area contributed by atoms with Crippen LogP contribution in [0.1, 0.15) is 18.9 Å². The summed E-state index contributed by atoms with van der Waals surface area (Å²) in [6.07, 6.45) is 0.680. The predicted octanol–water partition coefficient (Wildman–Crippen LogP) is 1.73. The largest absolute Gasteiger partial charge is 0.492 e. The molecule has 0 amide bonds. The maximum atomic E-state index is 11.1. The quantitative estimate of drug-likeness (QED) is 0.885. The number of nitriles is 1. The van der Waals surface area contributed by atoms with Crippen LogP contribution in [0.15, 0.2) is 24.3 Å². The van der Waals surface area contributed by atoms with Crippen LogP contribution in [0, 0.1) is 16.7 Å². The molecular formula is C15H18N2O3. The van der Waals surface area contributed by atoms with Crippen LogP contribution in [0.4, 0.5) is 0 Å². The summed E-state index contributed by atoms with van der Waals surface area (Å²) >= 11 is 0. The highest BCUT2D eigenvalue weighted by Crippen LogP contribution is 2.29. The summed E-state index contributed by atoms with van der Waals surface area (Å²) in [7, 11) is 0. The molecule has 1 saturated heterocycles. The first kappa shape index (κ1) is 14.4. The lowest BCUT2D eigenvalue weighted by atomic mass is 9.90.